The van der Waals surface area contributed by atoms with E-state index in [-0.39, 0.29) is 50.9 Å². The molecule has 0 saturated carbocycles. The predicted molar refractivity (Wildman–Crippen MR) is 38.1 cm³/mol. The van der Waals surface area contributed by atoms with E-state index in [0.29, 0.717) is 0 Å². The number of hydrogen-bond donors (Lipinski definition) is 0. The van der Waals surface area contributed by atoms with Crippen molar-refractivity contribution in [1.82, 2.24) is 0 Å². The first-order chi connectivity index (χ1) is 3.39. The van der Waals surface area contributed by atoms with Crippen LogP contribution in [0.3, 0.4) is 0 Å². The van der Waals surface area contributed by atoms with Crippen LogP contribution in [0.25, 0.3) is 0 Å². The molecule has 0 amide bonds. The maximum Gasteiger partial charge on any atom is 2.00 e. The van der Waals surface area contributed by atoms with Gasteiger partial charge in [-0.1, -0.05) is 30.3 Å². The van der Waals surface area contributed by atoms with Crippen LogP contribution in [0.4, 0.5) is 0 Å². The Bertz CT molecular complexity index is 139. The summed E-state index contributed by atoms with van der Waals surface area (Å²) in [6, 6.07) is 8.33. The zero-order chi connectivity index (χ0) is 5.11. The van der Waals surface area contributed by atoms with Crippen molar-refractivity contribution >= 4 is 37.7 Å². The molecule has 1 nitrogen and oxygen atoms in total. The zero-order valence-electron chi connectivity index (χ0n) is 5.50. The molecule has 0 aliphatic heterocycles. The van der Waals surface area contributed by atoms with Crippen molar-refractivity contribution in [1.29, 1.82) is 0 Å². The number of benzene rings is 1. The molecule has 0 atom stereocenters. The van der Waals surface area contributed by atoms with Crippen molar-refractivity contribution in [2.45, 2.75) is 0 Å². The van der Waals surface area contributed by atoms with E-state index in [2.05, 4.69) is 0 Å². The van der Waals surface area contributed by atoms with Crippen molar-refractivity contribution in [2.24, 2.45) is 0 Å². The molecule has 1 rings (SSSR count). The molecule has 0 aliphatic carbocycles. The van der Waals surface area contributed by atoms with Gasteiger partial charge in [0.25, 0.3) is 0 Å². The van der Waals surface area contributed by atoms with Gasteiger partial charge >= 0.3 is 37.7 Å². The third-order valence-electron chi connectivity index (χ3n) is 0.743. The van der Waals surface area contributed by atoms with Crippen LogP contribution in [0.2, 0.25) is 0 Å². The second kappa shape index (κ2) is 6.40. The standard InChI is InChI=1S/C6H6O.CH3.Ca/c7-6-4-2-1-3-5-6;;/h1-5,7H;1H3;/q;-1;+2/p-1. The van der Waals surface area contributed by atoms with Gasteiger partial charge in [0.15, 0.2) is 0 Å². The molecule has 1 aromatic carbocycles. The van der Waals surface area contributed by atoms with Crippen LogP contribution in [-0.2, 0) is 0 Å². The molecule has 44 valence electrons. The van der Waals surface area contributed by atoms with Gasteiger partial charge < -0.3 is 12.5 Å². The van der Waals surface area contributed by atoms with Crippen LogP contribution in [0.1, 0.15) is 0 Å². The summed E-state index contributed by atoms with van der Waals surface area (Å²) in [7, 11) is 0. The van der Waals surface area contributed by atoms with Crippen LogP contribution in [0.15, 0.2) is 30.3 Å². The average molecular weight is 148 g/mol. The summed E-state index contributed by atoms with van der Waals surface area (Å²) in [5.41, 5.74) is 0. The molecular weight excluding hydrogens is 140 g/mol. The maximum atomic E-state index is 10.3. The molecule has 0 spiro atoms. The first-order valence-electron chi connectivity index (χ1n) is 2.11. The van der Waals surface area contributed by atoms with Gasteiger partial charge in [-0.25, -0.2) is 0 Å². The molecule has 0 N–H and O–H groups in total. The molecule has 0 radical (unpaired) electrons. The molecule has 2 heteroatoms. The Morgan fingerprint density at radius 3 is 1.67 bits per heavy atom. The van der Waals surface area contributed by atoms with Crippen LogP contribution < -0.4 is 5.11 Å². The fourth-order valence-corrected chi connectivity index (χ4v) is 0.420. The van der Waals surface area contributed by atoms with Gasteiger partial charge in [0.05, 0.1) is 0 Å². The minimum atomic E-state index is 0. The summed E-state index contributed by atoms with van der Waals surface area (Å²) in [5, 5.41) is 10.3. The quantitative estimate of drug-likeness (QED) is 0.395. The molecule has 0 heterocycles. The van der Waals surface area contributed by atoms with E-state index in [9.17, 15) is 5.11 Å². The van der Waals surface area contributed by atoms with E-state index >= 15 is 0 Å². The molecule has 0 aliphatic rings. The van der Waals surface area contributed by atoms with Crippen LogP contribution >= 0.6 is 0 Å². The van der Waals surface area contributed by atoms with Crippen molar-refractivity contribution in [3.63, 3.8) is 0 Å². The predicted octanol–water partition coefficient (Wildman–Crippen LogP) is 0.830. The minimum Gasteiger partial charge on any atom is -0.872 e. The second-order valence-corrected chi connectivity index (χ2v) is 1.31. The Kier molecular flexibility index (Phi) is 8.54. The third kappa shape index (κ3) is 4.76. The van der Waals surface area contributed by atoms with Gasteiger partial charge in [-0.15, -0.1) is 5.75 Å². The van der Waals surface area contributed by atoms with Crippen LogP contribution in [0, 0.1) is 7.43 Å². The van der Waals surface area contributed by atoms with Crippen molar-refractivity contribution in [3.05, 3.63) is 37.8 Å². The van der Waals surface area contributed by atoms with Gasteiger partial charge in [0, 0.05) is 0 Å². The number of hydrogen-bond acceptors (Lipinski definition) is 1. The van der Waals surface area contributed by atoms with E-state index < -0.39 is 0 Å². The Morgan fingerprint density at radius 1 is 1.00 bits per heavy atom. The fourth-order valence-electron chi connectivity index (χ4n) is 0.420. The SMILES string of the molecule is [CH3-].[Ca+2].[O-]c1ccccc1. The summed E-state index contributed by atoms with van der Waals surface area (Å²) in [4.78, 5) is 0. The zero-order valence-corrected chi connectivity index (χ0v) is 7.71. The summed E-state index contributed by atoms with van der Waals surface area (Å²) < 4.78 is 0. The van der Waals surface area contributed by atoms with Crippen molar-refractivity contribution in [2.75, 3.05) is 0 Å². The van der Waals surface area contributed by atoms with Gasteiger partial charge in [-0.05, 0) is 0 Å². The number of para-hydroxylation sites is 1. The van der Waals surface area contributed by atoms with Gasteiger partial charge in [0.1, 0.15) is 0 Å². The van der Waals surface area contributed by atoms with E-state index in [1.54, 1.807) is 12.1 Å². The summed E-state index contributed by atoms with van der Waals surface area (Å²) >= 11 is 0. The Morgan fingerprint density at radius 2 is 1.44 bits per heavy atom. The summed E-state index contributed by atoms with van der Waals surface area (Å²) in [6.07, 6.45) is 0. The molecule has 1 aromatic rings. The van der Waals surface area contributed by atoms with E-state index in [1.165, 1.54) is 12.1 Å². The number of rotatable bonds is 0. The molecule has 0 saturated heterocycles. The topological polar surface area (TPSA) is 23.1 Å². The monoisotopic (exact) mass is 148 g/mol. The fraction of sp³-hybridized carbons (Fsp3) is 0. The van der Waals surface area contributed by atoms with Gasteiger partial charge in [-0.2, -0.15) is 0 Å². The summed E-state index contributed by atoms with van der Waals surface area (Å²) in [6.45, 7) is 0. The van der Waals surface area contributed by atoms with Crippen LogP contribution in [-0.4, -0.2) is 37.7 Å². The maximum absolute atomic E-state index is 10.3. The van der Waals surface area contributed by atoms with E-state index in [4.69, 9.17) is 0 Å². The van der Waals surface area contributed by atoms with Gasteiger partial charge in [0.2, 0.25) is 0 Å². The smallest absolute Gasteiger partial charge is 0.872 e. The molecule has 0 aromatic heterocycles. The third-order valence-corrected chi connectivity index (χ3v) is 0.743. The van der Waals surface area contributed by atoms with E-state index in [0.717, 1.165) is 0 Å². The van der Waals surface area contributed by atoms with Gasteiger partial charge in [-0.3, -0.25) is 0 Å². The summed E-state index contributed by atoms with van der Waals surface area (Å²) in [5.74, 6) is 0.0718. The second-order valence-electron chi connectivity index (χ2n) is 1.31. The average Bonchev–Trinajstić information content (AvgIpc) is 1.69. The first kappa shape index (κ1) is 12.0. The van der Waals surface area contributed by atoms with Crippen molar-refractivity contribution in [3.8, 4) is 5.75 Å². The molecule has 0 unspecified atom stereocenters. The molecule has 0 fully saturated rings. The van der Waals surface area contributed by atoms with E-state index in [1.807, 2.05) is 6.07 Å². The Labute approximate surface area is 85.7 Å². The minimum absolute atomic E-state index is 0. The largest absolute Gasteiger partial charge is 2.00 e. The molecular formula is C7H8CaO. The van der Waals surface area contributed by atoms with Crippen molar-refractivity contribution < 1.29 is 5.11 Å². The Hall–Kier alpha value is 0.280. The first-order valence-corrected chi connectivity index (χ1v) is 2.11. The molecule has 9 heavy (non-hydrogen) atoms. The molecule has 0 bridgehead atoms. The van der Waals surface area contributed by atoms with Crippen LogP contribution in [0.5, 0.6) is 5.75 Å². The Balaban J connectivity index is 0. The normalized spacial score (nSPS) is 6.67.